The largest absolute Gasteiger partial charge is 0.704 e. The zero-order valence-electron chi connectivity index (χ0n) is 37.1. The summed E-state index contributed by atoms with van der Waals surface area (Å²) >= 11 is 0. The summed E-state index contributed by atoms with van der Waals surface area (Å²) in [6.45, 7) is 28.8. The molecule has 3 heterocycles. The van der Waals surface area contributed by atoms with Gasteiger partial charge >= 0.3 is 6.03 Å². The Morgan fingerprint density at radius 3 is 1.36 bits per heavy atom. The normalized spacial score (nSPS) is 21.3. The van der Waals surface area contributed by atoms with Crippen molar-refractivity contribution < 1.29 is 23.1 Å². The van der Waals surface area contributed by atoms with Gasteiger partial charge in [0.2, 0.25) is 12.1 Å². The van der Waals surface area contributed by atoms with Gasteiger partial charge in [0.15, 0.2) is 23.9 Å². The van der Waals surface area contributed by atoms with Gasteiger partial charge in [0.25, 0.3) is 0 Å². The predicted molar refractivity (Wildman–Crippen MR) is 239 cm³/mol. The third-order valence-corrected chi connectivity index (χ3v) is 13.4. The van der Waals surface area contributed by atoms with Crippen LogP contribution in [-0.4, -0.2) is 70.4 Å². The lowest BCUT2D eigenvalue weighted by molar-refractivity contribution is -0.929. The van der Waals surface area contributed by atoms with Gasteiger partial charge in [-0.1, -0.05) is 130 Å². The Bertz CT molecular complexity index is 1670. The number of nitrogens with zero attached hydrogens (tertiary/aromatic N) is 3. The molecule has 1 aliphatic carbocycles. The molecule has 1 saturated heterocycles. The number of rotatable bonds is 18. The minimum absolute atomic E-state index is 0. The average Bonchev–Trinajstić information content (AvgIpc) is 3.42. The Labute approximate surface area is 344 Å². The molecule has 3 unspecified atom stereocenters. The lowest BCUT2D eigenvalue weighted by Gasteiger charge is -2.39. The van der Waals surface area contributed by atoms with Crippen LogP contribution in [0, 0.1) is 0 Å². The molecule has 2 aromatic carbocycles. The number of fused-ring (bicyclic) bond motifs is 5. The van der Waals surface area contributed by atoms with Gasteiger partial charge in [0.05, 0.1) is 37.3 Å². The molecular formula is C51H84N3O2+3. The second-order valence-electron chi connectivity index (χ2n) is 20.1. The second kappa shape index (κ2) is 18.5. The van der Waals surface area contributed by atoms with Crippen molar-refractivity contribution in [1.29, 1.82) is 0 Å². The summed E-state index contributed by atoms with van der Waals surface area (Å²) < 4.78 is 21.4. The Balaban J connectivity index is 0.00000600. The highest BCUT2D eigenvalue weighted by atomic mass is 16.7. The van der Waals surface area contributed by atoms with Gasteiger partial charge in [-0.25, -0.2) is 0 Å². The summed E-state index contributed by atoms with van der Waals surface area (Å²) in [5.74, 6) is 2.01. The van der Waals surface area contributed by atoms with Crippen molar-refractivity contribution >= 4 is 12.4 Å². The van der Waals surface area contributed by atoms with Gasteiger partial charge in [-0.3, -0.25) is 0 Å². The monoisotopic (exact) mass is 771 g/mol. The van der Waals surface area contributed by atoms with E-state index < -0.39 is 6.03 Å². The Hall–Kier alpha value is -2.66. The van der Waals surface area contributed by atoms with Gasteiger partial charge < -0.3 is 14.0 Å². The second-order valence-corrected chi connectivity index (χ2v) is 20.1. The Morgan fingerprint density at radius 1 is 0.571 bits per heavy atom. The van der Waals surface area contributed by atoms with Crippen LogP contribution < -0.4 is 9.47 Å². The maximum absolute atomic E-state index is 7.53. The number of benzene rings is 2. The molecule has 3 atom stereocenters. The third kappa shape index (κ3) is 9.29. The molecule has 5 heteroatoms. The van der Waals surface area contributed by atoms with E-state index in [1.807, 2.05) is 0 Å². The lowest BCUT2D eigenvalue weighted by Crippen LogP contribution is -2.60. The summed E-state index contributed by atoms with van der Waals surface area (Å²) in [6, 6.07) is 9.52. The van der Waals surface area contributed by atoms with E-state index in [-0.39, 0.29) is 18.3 Å². The van der Waals surface area contributed by atoms with Crippen LogP contribution in [0.4, 0.5) is 0 Å². The fourth-order valence-electron chi connectivity index (χ4n) is 10.2. The van der Waals surface area contributed by atoms with E-state index >= 15 is 0 Å². The Kier molecular flexibility index (Phi) is 14.7. The fourth-order valence-corrected chi connectivity index (χ4v) is 10.2. The van der Waals surface area contributed by atoms with Gasteiger partial charge in [0.1, 0.15) is 0 Å². The first-order valence-corrected chi connectivity index (χ1v) is 23.1. The van der Waals surface area contributed by atoms with Crippen LogP contribution in [0.15, 0.2) is 24.3 Å². The van der Waals surface area contributed by atoms with Crippen LogP contribution in [0.3, 0.4) is 0 Å². The molecule has 0 aromatic heterocycles. The Morgan fingerprint density at radius 2 is 0.964 bits per heavy atom. The quantitative estimate of drug-likeness (QED) is 0.0856. The van der Waals surface area contributed by atoms with Crippen LogP contribution in [0.5, 0.6) is 11.5 Å². The maximum atomic E-state index is 7.53. The minimum Gasteiger partial charge on any atom is -0.340 e. The molecular weight excluding hydrogens is 687 g/mol. The van der Waals surface area contributed by atoms with E-state index in [9.17, 15) is 0 Å². The van der Waals surface area contributed by atoms with Gasteiger partial charge in [-0.15, -0.1) is 0 Å². The van der Waals surface area contributed by atoms with Crippen molar-refractivity contribution in [3.05, 3.63) is 57.6 Å². The molecule has 2 aromatic rings. The molecule has 1 saturated carbocycles. The van der Waals surface area contributed by atoms with Crippen molar-refractivity contribution in [2.45, 2.75) is 215 Å². The smallest absolute Gasteiger partial charge is 0.340 e. The van der Waals surface area contributed by atoms with Gasteiger partial charge in [-0.05, 0) is 98.3 Å². The van der Waals surface area contributed by atoms with Gasteiger partial charge in [-0.2, -0.15) is 0 Å². The SMILES string of the molecule is C.CCCCCc1cc2c(c(C(C)(C)C)c1)OC13Oc4c(cc(CCCC[N+](CCCC)(CCCC)CCCC)cc4C(C)(C)C)C=[N+]1C1CCCCC1[N+]3=C2. The molecule has 312 valence electrons. The van der Waals surface area contributed by atoms with Crippen LogP contribution >= 0.6 is 0 Å². The first kappa shape index (κ1) is 44.4. The number of hydrogen-bond acceptors (Lipinski definition) is 2. The first-order chi connectivity index (χ1) is 26.3. The highest BCUT2D eigenvalue weighted by molar-refractivity contribution is 5.85. The highest BCUT2D eigenvalue weighted by Crippen LogP contribution is 2.49. The van der Waals surface area contributed by atoms with Crippen molar-refractivity contribution in [1.82, 2.24) is 0 Å². The van der Waals surface area contributed by atoms with Crippen LogP contribution in [0.1, 0.15) is 206 Å². The zero-order valence-corrected chi connectivity index (χ0v) is 37.1. The predicted octanol–water partition coefficient (Wildman–Crippen LogP) is 12.5. The highest BCUT2D eigenvalue weighted by Gasteiger charge is 2.76. The standard InChI is InChI=1S/C50H80N3O2.CH4/c1-11-15-19-24-38-32-40-36-51-44-26-20-21-27-45(44)52-37-41-33-39(25-22-23-31-53(28-16-12-2,29-17-13-3)30-18-14-4)35-43(49(8,9)10)47(41)55-50(51,52)54-46(40)42(34-38)48(5,6)7;/h32-37,44-45H,11-31H2,1-10H3;1H4/q+3;. The van der Waals surface area contributed by atoms with Gasteiger partial charge in [0, 0.05) is 24.0 Å². The average molecular weight is 771 g/mol. The molecule has 5 nitrogen and oxygen atoms in total. The van der Waals surface area contributed by atoms with Crippen LogP contribution in [0.2, 0.25) is 0 Å². The van der Waals surface area contributed by atoms with Crippen molar-refractivity contribution in [2.75, 3.05) is 26.2 Å². The third-order valence-electron chi connectivity index (χ3n) is 13.4. The molecule has 0 bridgehead atoms. The summed E-state index contributed by atoms with van der Waals surface area (Å²) in [7, 11) is 0. The maximum Gasteiger partial charge on any atom is 0.704 e. The molecule has 0 amide bonds. The minimum atomic E-state index is -1.01. The molecule has 0 radical (unpaired) electrons. The molecule has 2 fully saturated rings. The number of unbranched alkanes of at least 4 members (excludes halogenated alkanes) is 6. The molecule has 0 N–H and O–H groups in total. The van der Waals surface area contributed by atoms with E-state index in [2.05, 4.69) is 115 Å². The van der Waals surface area contributed by atoms with Crippen LogP contribution in [0.25, 0.3) is 0 Å². The molecule has 1 spiro atoms. The number of hydrogen-bond donors (Lipinski definition) is 0. The zero-order chi connectivity index (χ0) is 39.4. The van der Waals surface area contributed by atoms with Crippen molar-refractivity contribution in [3.63, 3.8) is 0 Å². The van der Waals surface area contributed by atoms with Crippen molar-refractivity contribution in [3.8, 4) is 11.5 Å². The molecule has 3 aliphatic heterocycles. The molecule has 56 heavy (non-hydrogen) atoms. The van der Waals surface area contributed by atoms with Crippen molar-refractivity contribution in [2.24, 2.45) is 0 Å². The molecule has 6 rings (SSSR count). The first-order valence-electron chi connectivity index (χ1n) is 23.1. The lowest BCUT2D eigenvalue weighted by atomic mass is 9.83. The van der Waals surface area contributed by atoms with E-state index in [1.165, 1.54) is 160 Å². The number of ether oxygens (including phenoxy) is 2. The van der Waals surface area contributed by atoms with E-state index in [0.717, 1.165) is 24.3 Å². The summed E-state index contributed by atoms with van der Waals surface area (Å²) in [5, 5.41) is 0. The van der Waals surface area contributed by atoms with E-state index in [4.69, 9.17) is 9.47 Å². The van der Waals surface area contributed by atoms with E-state index in [0.29, 0.717) is 12.1 Å². The molecule has 4 aliphatic rings. The topological polar surface area (TPSA) is 24.5 Å². The van der Waals surface area contributed by atoms with Crippen LogP contribution in [-0.2, 0) is 23.7 Å². The summed E-state index contributed by atoms with van der Waals surface area (Å²) in [4.78, 5) is 0. The number of aryl methyl sites for hydroxylation is 2. The summed E-state index contributed by atoms with van der Waals surface area (Å²) in [5.41, 5.74) is 7.80. The fraction of sp³-hybridized carbons (Fsp3) is 0.725. The van der Waals surface area contributed by atoms with E-state index in [1.54, 1.807) is 0 Å². The number of quaternary nitrogens is 1. The summed E-state index contributed by atoms with van der Waals surface area (Å²) in [6.07, 6.45) is 26.2.